The number of amides is 1. The third-order valence-corrected chi connectivity index (χ3v) is 2.44. The Kier molecular flexibility index (Phi) is 5.62. The van der Waals surface area contributed by atoms with Crippen molar-refractivity contribution in [2.45, 2.75) is 32.6 Å². The van der Waals surface area contributed by atoms with E-state index in [9.17, 15) is 9.59 Å². The maximum atomic E-state index is 11.5. The Labute approximate surface area is 100 Å². The maximum absolute atomic E-state index is 11.5. The zero-order valence-corrected chi connectivity index (χ0v) is 10.0. The first kappa shape index (κ1) is 13.6. The molecule has 0 saturated carbocycles. The van der Waals surface area contributed by atoms with Crippen LogP contribution in [0.4, 0.5) is 0 Å². The molecule has 0 atom stereocenters. The number of ether oxygens (including phenoxy) is 1. The molecular formula is C11H18N2O4. The van der Waals surface area contributed by atoms with Crippen molar-refractivity contribution in [3.8, 4) is 0 Å². The number of aliphatic carboxylic acids is 1. The van der Waals surface area contributed by atoms with E-state index in [4.69, 9.17) is 9.84 Å². The largest absolute Gasteiger partial charge is 0.477 e. The highest BCUT2D eigenvalue weighted by Gasteiger charge is 2.23. The van der Waals surface area contributed by atoms with Crippen molar-refractivity contribution in [3.05, 3.63) is 0 Å². The number of nitrogens with zero attached hydrogens (tertiary/aromatic N) is 2. The molecule has 0 saturated heterocycles. The summed E-state index contributed by atoms with van der Waals surface area (Å²) in [5.74, 6) is -1.21. The molecule has 0 aromatic rings. The van der Waals surface area contributed by atoms with Gasteiger partial charge in [0, 0.05) is 19.4 Å². The average Bonchev–Trinajstić information content (AvgIpc) is 2.30. The first-order chi connectivity index (χ1) is 8.15. The third-order valence-electron chi connectivity index (χ3n) is 2.44. The lowest BCUT2D eigenvalue weighted by Gasteiger charge is -2.21. The summed E-state index contributed by atoms with van der Waals surface area (Å²) in [7, 11) is 0. The van der Waals surface area contributed by atoms with Crippen molar-refractivity contribution in [1.29, 1.82) is 0 Å². The van der Waals surface area contributed by atoms with Gasteiger partial charge in [-0.15, -0.1) is 0 Å². The van der Waals surface area contributed by atoms with E-state index in [1.54, 1.807) is 0 Å². The normalized spacial score (nSPS) is 15.9. The molecule has 0 aromatic carbocycles. The number of carboxylic acid groups (broad SMARTS) is 1. The molecule has 0 aromatic heterocycles. The highest BCUT2D eigenvalue weighted by Crippen LogP contribution is 2.09. The summed E-state index contributed by atoms with van der Waals surface area (Å²) in [6.07, 6.45) is 2.46. The fraction of sp³-hybridized carbons (Fsp3) is 0.727. The molecule has 96 valence electrons. The summed E-state index contributed by atoms with van der Waals surface area (Å²) in [6, 6.07) is 0. The van der Waals surface area contributed by atoms with Gasteiger partial charge in [0.05, 0.1) is 13.2 Å². The van der Waals surface area contributed by atoms with E-state index in [1.165, 1.54) is 5.01 Å². The van der Waals surface area contributed by atoms with Crippen molar-refractivity contribution in [2.24, 2.45) is 5.10 Å². The molecule has 6 heteroatoms. The minimum atomic E-state index is -1.06. The molecule has 0 fully saturated rings. The van der Waals surface area contributed by atoms with Gasteiger partial charge in [-0.2, -0.15) is 5.10 Å². The van der Waals surface area contributed by atoms with Crippen LogP contribution in [0.1, 0.15) is 32.6 Å². The predicted molar refractivity (Wildman–Crippen MR) is 61.7 cm³/mol. The van der Waals surface area contributed by atoms with Gasteiger partial charge in [0.1, 0.15) is 5.71 Å². The number of carboxylic acids is 1. The summed E-state index contributed by atoms with van der Waals surface area (Å²) in [4.78, 5) is 22.2. The van der Waals surface area contributed by atoms with Crippen LogP contribution in [0.15, 0.2) is 5.10 Å². The quantitative estimate of drug-likeness (QED) is 0.672. The summed E-state index contributed by atoms with van der Waals surface area (Å²) in [5, 5.41) is 13.8. The summed E-state index contributed by atoms with van der Waals surface area (Å²) >= 11 is 0. The standard InChI is InChI=1S/C11H18N2O4/c1-2-3-7-17-8-6-13-10(14)5-4-9(12-13)11(15)16/h2-8H2,1H3,(H,15,16). The van der Waals surface area contributed by atoms with Crippen molar-refractivity contribution < 1.29 is 19.4 Å². The van der Waals surface area contributed by atoms with Gasteiger partial charge in [0.15, 0.2) is 0 Å². The van der Waals surface area contributed by atoms with Gasteiger partial charge in [-0.1, -0.05) is 13.3 Å². The molecule has 1 heterocycles. The van der Waals surface area contributed by atoms with Crippen LogP contribution in [-0.4, -0.2) is 47.5 Å². The van der Waals surface area contributed by atoms with E-state index in [0.29, 0.717) is 19.8 Å². The molecule has 1 rings (SSSR count). The van der Waals surface area contributed by atoms with E-state index in [1.807, 2.05) is 0 Å². The summed E-state index contributed by atoms with van der Waals surface area (Å²) < 4.78 is 5.31. The van der Waals surface area contributed by atoms with Crippen molar-refractivity contribution >= 4 is 17.6 Å². The van der Waals surface area contributed by atoms with Crippen LogP contribution >= 0.6 is 0 Å². The number of carbonyl (C=O) groups is 2. The molecular weight excluding hydrogens is 224 g/mol. The lowest BCUT2D eigenvalue weighted by atomic mass is 10.2. The number of hydrogen-bond acceptors (Lipinski definition) is 4. The Morgan fingerprint density at radius 2 is 2.24 bits per heavy atom. The first-order valence-corrected chi connectivity index (χ1v) is 5.84. The molecule has 0 bridgehead atoms. The molecule has 6 nitrogen and oxygen atoms in total. The van der Waals surface area contributed by atoms with E-state index in [2.05, 4.69) is 12.0 Å². The minimum Gasteiger partial charge on any atom is -0.477 e. The number of unbranched alkanes of at least 4 members (excludes halogenated alkanes) is 1. The Bertz CT molecular complexity index is 315. The zero-order valence-electron chi connectivity index (χ0n) is 10.0. The number of carbonyl (C=O) groups excluding carboxylic acids is 1. The van der Waals surface area contributed by atoms with Crippen LogP contribution in [0.2, 0.25) is 0 Å². The summed E-state index contributed by atoms with van der Waals surface area (Å²) in [5.41, 5.74) is 0.0400. The number of rotatable bonds is 7. The molecule has 1 aliphatic heterocycles. The summed E-state index contributed by atoms with van der Waals surface area (Å²) in [6.45, 7) is 3.44. The Hall–Kier alpha value is -1.43. The predicted octanol–water partition coefficient (Wildman–Crippen LogP) is 0.866. The number of hydrazone groups is 1. The topological polar surface area (TPSA) is 79.2 Å². The van der Waals surface area contributed by atoms with Crippen LogP contribution < -0.4 is 0 Å². The van der Waals surface area contributed by atoms with Gasteiger partial charge in [0.2, 0.25) is 5.91 Å². The van der Waals surface area contributed by atoms with Crippen LogP contribution in [0.3, 0.4) is 0 Å². The smallest absolute Gasteiger partial charge is 0.352 e. The second-order valence-corrected chi connectivity index (χ2v) is 3.83. The highest BCUT2D eigenvalue weighted by atomic mass is 16.5. The van der Waals surface area contributed by atoms with Gasteiger partial charge < -0.3 is 9.84 Å². The second kappa shape index (κ2) is 7.01. The van der Waals surface area contributed by atoms with Gasteiger partial charge in [-0.3, -0.25) is 4.79 Å². The first-order valence-electron chi connectivity index (χ1n) is 5.84. The molecule has 0 radical (unpaired) electrons. The average molecular weight is 242 g/mol. The van der Waals surface area contributed by atoms with Gasteiger partial charge in [-0.05, 0) is 6.42 Å². The molecule has 1 N–H and O–H groups in total. The molecule has 0 unspecified atom stereocenters. The number of hydrogen-bond donors (Lipinski definition) is 1. The van der Waals surface area contributed by atoms with Gasteiger partial charge in [-0.25, -0.2) is 9.80 Å². The monoisotopic (exact) mass is 242 g/mol. The molecule has 1 aliphatic rings. The molecule has 0 aliphatic carbocycles. The SMILES string of the molecule is CCCCOCCN1N=C(C(=O)O)CCC1=O. The molecule has 17 heavy (non-hydrogen) atoms. The fourth-order valence-corrected chi connectivity index (χ4v) is 1.43. The van der Waals surface area contributed by atoms with E-state index < -0.39 is 5.97 Å². The fourth-order valence-electron chi connectivity index (χ4n) is 1.43. The Balaban J connectivity index is 2.37. The van der Waals surface area contributed by atoms with Crippen LogP contribution in [-0.2, 0) is 14.3 Å². The van der Waals surface area contributed by atoms with Gasteiger partial charge in [0.25, 0.3) is 0 Å². The van der Waals surface area contributed by atoms with E-state index in [0.717, 1.165) is 12.8 Å². The molecule has 1 amide bonds. The van der Waals surface area contributed by atoms with Gasteiger partial charge >= 0.3 is 5.97 Å². The van der Waals surface area contributed by atoms with Crippen molar-refractivity contribution in [3.63, 3.8) is 0 Å². The zero-order chi connectivity index (χ0) is 12.7. The van der Waals surface area contributed by atoms with Crippen LogP contribution in [0, 0.1) is 0 Å². The van der Waals surface area contributed by atoms with Crippen molar-refractivity contribution in [2.75, 3.05) is 19.8 Å². The lowest BCUT2D eigenvalue weighted by Crippen LogP contribution is -2.36. The third kappa shape index (κ3) is 4.52. The Morgan fingerprint density at radius 3 is 2.88 bits per heavy atom. The second-order valence-electron chi connectivity index (χ2n) is 3.83. The molecule has 0 spiro atoms. The minimum absolute atomic E-state index is 0.0400. The van der Waals surface area contributed by atoms with E-state index in [-0.39, 0.29) is 24.5 Å². The van der Waals surface area contributed by atoms with E-state index >= 15 is 0 Å². The lowest BCUT2D eigenvalue weighted by molar-refractivity contribution is -0.133. The highest BCUT2D eigenvalue weighted by molar-refractivity contribution is 6.36. The van der Waals surface area contributed by atoms with Crippen molar-refractivity contribution in [1.82, 2.24) is 5.01 Å². The van der Waals surface area contributed by atoms with Crippen LogP contribution in [0.5, 0.6) is 0 Å². The van der Waals surface area contributed by atoms with Crippen LogP contribution in [0.25, 0.3) is 0 Å². The maximum Gasteiger partial charge on any atom is 0.352 e. The Morgan fingerprint density at radius 1 is 1.47 bits per heavy atom.